The van der Waals surface area contributed by atoms with Crippen LogP contribution in [0.4, 0.5) is 10.1 Å². The molecule has 0 radical (unpaired) electrons. The maximum Gasteiger partial charge on any atom is 0.164 e. The number of nitrogens with zero attached hydrogens (tertiary/aromatic N) is 2. The summed E-state index contributed by atoms with van der Waals surface area (Å²) in [6, 6.07) is 11.6. The molecule has 142 valence electrons. The Labute approximate surface area is 174 Å². The highest BCUT2D eigenvalue weighted by Crippen LogP contribution is 2.37. The van der Waals surface area contributed by atoms with Crippen molar-refractivity contribution >= 4 is 60.0 Å². The summed E-state index contributed by atoms with van der Waals surface area (Å²) in [5.74, 6) is 0.191. The minimum absolute atomic E-state index is 0.00748. The fraction of sp³-hybridized carbons (Fsp3) is 0.278. The first-order valence-corrected chi connectivity index (χ1v) is 12.2. The van der Waals surface area contributed by atoms with Crippen molar-refractivity contribution in [3.05, 3.63) is 63.3 Å². The molecule has 2 atom stereocenters. The van der Waals surface area contributed by atoms with Gasteiger partial charge in [0, 0.05) is 15.2 Å². The normalized spacial score (nSPS) is 23.4. The zero-order chi connectivity index (χ0) is 19.2. The van der Waals surface area contributed by atoms with Crippen LogP contribution in [0.15, 0.2) is 51.9 Å². The number of hydrogen-bond acceptors (Lipinski definition) is 5. The van der Waals surface area contributed by atoms with Crippen molar-refractivity contribution in [3.63, 3.8) is 0 Å². The smallest absolute Gasteiger partial charge is 0.164 e. The Kier molecular flexibility index (Phi) is 5.26. The van der Waals surface area contributed by atoms with Crippen molar-refractivity contribution in [1.29, 1.82) is 0 Å². The van der Waals surface area contributed by atoms with E-state index in [9.17, 15) is 12.8 Å². The number of benzene rings is 2. The van der Waals surface area contributed by atoms with Crippen LogP contribution in [-0.2, 0) is 15.6 Å². The Morgan fingerprint density at radius 2 is 2.07 bits per heavy atom. The molecule has 0 saturated carbocycles. The van der Waals surface area contributed by atoms with Crippen LogP contribution >= 0.6 is 39.3 Å². The van der Waals surface area contributed by atoms with Crippen LogP contribution in [0.25, 0.3) is 0 Å². The quantitative estimate of drug-likeness (QED) is 0.636. The monoisotopic (exact) mass is 488 g/mol. The van der Waals surface area contributed by atoms with E-state index in [4.69, 9.17) is 11.6 Å². The van der Waals surface area contributed by atoms with Gasteiger partial charge in [0.25, 0.3) is 0 Å². The van der Waals surface area contributed by atoms with E-state index in [1.807, 2.05) is 24.3 Å². The van der Waals surface area contributed by atoms with Crippen LogP contribution in [0.1, 0.15) is 5.56 Å². The van der Waals surface area contributed by atoms with E-state index < -0.39 is 15.7 Å². The first-order valence-electron chi connectivity index (χ1n) is 8.22. The minimum Gasteiger partial charge on any atom is -0.312 e. The van der Waals surface area contributed by atoms with E-state index in [2.05, 4.69) is 20.9 Å². The van der Waals surface area contributed by atoms with E-state index in [0.29, 0.717) is 26.1 Å². The van der Waals surface area contributed by atoms with Gasteiger partial charge < -0.3 is 4.90 Å². The standard InChI is InChI=1S/C18H15BrClFN2O2S2/c19-12-4-5-16(14(21)7-12)23-17-10-27(24,25)9-15(17)22-18(23)26-8-11-2-1-3-13(20)6-11/h1-7,15,17H,8-10H2/t15-,17+/m1/s1. The molecule has 9 heteroatoms. The lowest BCUT2D eigenvalue weighted by atomic mass is 10.1. The molecule has 0 aliphatic carbocycles. The Balaban J connectivity index is 1.65. The maximum atomic E-state index is 14.6. The predicted octanol–water partition coefficient (Wildman–Crippen LogP) is 4.52. The second kappa shape index (κ2) is 7.39. The maximum absolute atomic E-state index is 14.6. The lowest BCUT2D eigenvalue weighted by molar-refractivity contribution is 0.600. The summed E-state index contributed by atoms with van der Waals surface area (Å²) in [5, 5.41) is 1.29. The number of hydrogen-bond donors (Lipinski definition) is 0. The average Bonchev–Trinajstić information content (AvgIpc) is 3.05. The van der Waals surface area contributed by atoms with Crippen molar-refractivity contribution in [2.45, 2.75) is 17.8 Å². The summed E-state index contributed by atoms with van der Waals surface area (Å²) < 4.78 is 39.4. The van der Waals surface area contributed by atoms with Gasteiger partial charge in [-0.1, -0.05) is 51.4 Å². The first kappa shape index (κ1) is 19.2. The van der Waals surface area contributed by atoms with Crippen LogP contribution in [-0.4, -0.2) is 37.2 Å². The third-order valence-corrected chi connectivity index (χ3v) is 8.00. The van der Waals surface area contributed by atoms with Gasteiger partial charge >= 0.3 is 0 Å². The largest absolute Gasteiger partial charge is 0.312 e. The lowest BCUT2D eigenvalue weighted by Crippen LogP contribution is -2.39. The molecule has 2 heterocycles. The number of anilines is 1. The van der Waals surface area contributed by atoms with Crippen molar-refractivity contribution in [1.82, 2.24) is 0 Å². The first-order chi connectivity index (χ1) is 12.8. The third kappa shape index (κ3) is 4.04. The van der Waals surface area contributed by atoms with E-state index in [0.717, 1.165) is 5.56 Å². The highest BCUT2D eigenvalue weighted by molar-refractivity contribution is 9.10. The van der Waals surface area contributed by atoms with E-state index in [-0.39, 0.29) is 23.6 Å². The van der Waals surface area contributed by atoms with Gasteiger partial charge in [0.1, 0.15) is 5.82 Å². The summed E-state index contributed by atoms with van der Waals surface area (Å²) in [5.41, 5.74) is 1.37. The summed E-state index contributed by atoms with van der Waals surface area (Å²) in [6.45, 7) is 0. The van der Waals surface area contributed by atoms with E-state index >= 15 is 0 Å². The number of fused-ring (bicyclic) bond motifs is 1. The van der Waals surface area contributed by atoms with Crippen molar-refractivity contribution in [3.8, 4) is 0 Å². The molecular weight excluding hydrogens is 475 g/mol. The van der Waals surface area contributed by atoms with Gasteiger partial charge in [0.2, 0.25) is 0 Å². The summed E-state index contributed by atoms with van der Waals surface area (Å²) in [7, 11) is -3.17. The van der Waals surface area contributed by atoms with Crippen LogP contribution < -0.4 is 4.90 Å². The second-order valence-electron chi connectivity index (χ2n) is 6.51. The molecule has 27 heavy (non-hydrogen) atoms. The number of aliphatic imine (C=N–C) groups is 1. The van der Waals surface area contributed by atoms with Crippen molar-refractivity contribution in [2.24, 2.45) is 4.99 Å². The van der Waals surface area contributed by atoms with Gasteiger partial charge in [0.15, 0.2) is 15.0 Å². The molecule has 4 rings (SSSR count). The van der Waals surface area contributed by atoms with Crippen LogP contribution in [0.2, 0.25) is 5.02 Å². The molecule has 1 fully saturated rings. The Morgan fingerprint density at radius 1 is 1.26 bits per heavy atom. The van der Waals surface area contributed by atoms with Gasteiger partial charge in [-0.15, -0.1) is 0 Å². The molecule has 1 saturated heterocycles. The van der Waals surface area contributed by atoms with Gasteiger partial charge in [0.05, 0.1) is 29.3 Å². The minimum atomic E-state index is -3.17. The molecule has 0 N–H and O–H groups in total. The molecule has 2 aromatic carbocycles. The number of thioether (sulfide) groups is 1. The van der Waals surface area contributed by atoms with Gasteiger partial charge in [-0.2, -0.15) is 0 Å². The molecule has 0 unspecified atom stereocenters. The zero-order valence-corrected chi connectivity index (χ0v) is 18.0. The molecule has 2 aliphatic rings. The Hall–Kier alpha value is -1.09. The molecule has 0 spiro atoms. The number of rotatable bonds is 3. The molecule has 0 amide bonds. The van der Waals surface area contributed by atoms with E-state index in [1.165, 1.54) is 17.8 Å². The topological polar surface area (TPSA) is 49.7 Å². The Morgan fingerprint density at radius 3 is 2.81 bits per heavy atom. The van der Waals surface area contributed by atoms with Gasteiger partial charge in [-0.3, -0.25) is 4.99 Å². The number of amidine groups is 1. The molecule has 2 aromatic rings. The lowest BCUT2D eigenvalue weighted by Gasteiger charge is -2.27. The van der Waals surface area contributed by atoms with E-state index in [1.54, 1.807) is 17.0 Å². The van der Waals surface area contributed by atoms with Crippen molar-refractivity contribution in [2.75, 3.05) is 16.4 Å². The summed E-state index contributed by atoms with van der Waals surface area (Å²) in [6.07, 6.45) is 0. The molecular formula is C18H15BrClFN2O2S2. The third-order valence-electron chi connectivity index (χ3n) is 4.53. The fourth-order valence-corrected chi connectivity index (χ4v) is 6.81. The van der Waals surface area contributed by atoms with Crippen LogP contribution in [0.5, 0.6) is 0 Å². The highest BCUT2D eigenvalue weighted by Gasteiger charge is 2.47. The molecule has 0 aromatic heterocycles. The van der Waals surface area contributed by atoms with Gasteiger partial charge in [-0.25, -0.2) is 12.8 Å². The average molecular weight is 490 g/mol. The molecule has 4 nitrogen and oxygen atoms in total. The van der Waals surface area contributed by atoms with Crippen molar-refractivity contribution < 1.29 is 12.8 Å². The predicted molar refractivity (Wildman–Crippen MR) is 113 cm³/mol. The van der Waals surface area contributed by atoms with Gasteiger partial charge in [-0.05, 0) is 35.9 Å². The highest BCUT2D eigenvalue weighted by atomic mass is 79.9. The van der Waals surface area contributed by atoms with Crippen LogP contribution in [0, 0.1) is 5.82 Å². The second-order valence-corrected chi connectivity index (χ2v) is 11.0. The fourth-order valence-electron chi connectivity index (χ4n) is 3.37. The summed E-state index contributed by atoms with van der Waals surface area (Å²) in [4.78, 5) is 6.36. The number of halogens is 3. The SMILES string of the molecule is O=S1(=O)C[C@H]2N=C(SCc3cccc(Cl)c3)N(c3ccc(Br)cc3F)[C@H]2C1. The molecule has 2 aliphatic heterocycles. The summed E-state index contributed by atoms with van der Waals surface area (Å²) >= 11 is 10.8. The Bertz CT molecular complexity index is 1030. The van der Waals surface area contributed by atoms with Crippen LogP contribution in [0.3, 0.4) is 0 Å². The molecule has 0 bridgehead atoms. The zero-order valence-electron chi connectivity index (χ0n) is 14.0. The number of sulfone groups is 1.